The number of hydrogen-bond donors (Lipinski definition) is 1. The van der Waals surface area contributed by atoms with Gasteiger partial charge >= 0.3 is 5.97 Å². The van der Waals surface area contributed by atoms with E-state index in [2.05, 4.69) is 0 Å². The Labute approximate surface area is 124 Å². The van der Waals surface area contributed by atoms with Crippen molar-refractivity contribution in [3.8, 4) is 0 Å². The van der Waals surface area contributed by atoms with Gasteiger partial charge in [-0.3, -0.25) is 24.2 Å². The number of amides is 2. The Hall–Kier alpha value is -1.43. The van der Waals surface area contributed by atoms with Crippen LogP contribution in [-0.2, 0) is 14.4 Å². The maximum atomic E-state index is 12.4. The molecule has 2 saturated heterocycles. The number of nitrogens with zero attached hydrogens (tertiary/aromatic N) is 2. The summed E-state index contributed by atoms with van der Waals surface area (Å²) in [5.74, 6) is -0.973. The number of rotatable bonds is 5. The van der Waals surface area contributed by atoms with Crippen LogP contribution >= 0.6 is 0 Å². The highest BCUT2D eigenvalue weighted by molar-refractivity contribution is 6.06. The lowest BCUT2D eigenvalue weighted by atomic mass is 9.83. The van der Waals surface area contributed by atoms with Crippen molar-refractivity contribution in [3.63, 3.8) is 0 Å². The van der Waals surface area contributed by atoms with Crippen LogP contribution in [0.5, 0.6) is 0 Å². The first kappa shape index (κ1) is 14.5. The Kier molecular flexibility index (Phi) is 3.51. The van der Waals surface area contributed by atoms with E-state index in [0.717, 1.165) is 19.3 Å². The van der Waals surface area contributed by atoms with Crippen LogP contribution in [0.1, 0.15) is 45.4 Å². The van der Waals surface area contributed by atoms with Gasteiger partial charge in [0.25, 0.3) is 0 Å². The van der Waals surface area contributed by atoms with Crippen LogP contribution in [0.25, 0.3) is 0 Å². The molecule has 0 aromatic heterocycles. The molecule has 2 heterocycles. The maximum absolute atomic E-state index is 12.4. The Balaban J connectivity index is 1.73. The van der Waals surface area contributed by atoms with E-state index in [9.17, 15) is 19.5 Å². The summed E-state index contributed by atoms with van der Waals surface area (Å²) in [6.07, 6.45) is 4.05. The summed E-state index contributed by atoms with van der Waals surface area (Å²) in [6.45, 7) is 2.96. The fourth-order valence-electron chi connectivity index (χ4n) is 3.77. The Morgan fingerprint density at radius 1 is 1.38 bits per heavy atom. The van der Waals surface area contributed by atoms with Gasteiger partial charge in [-0.05, 0) is 25.7 Å². The van der Waals surface area contributed by atoms with E-state index in [-0.39, 0.29) is 24.3 Å². The minimum Gasteiger partial charge on any atom is -0.481 e. The number of carbonyl (C=O) groups is 3. The van der Waals surface area contributed by atoms with Crippen LogP contribution in [0, 0.1) is 5.41 Å². The molecule has 2 unspecified atom stereocenters. The molecular formula is C15H22N2O4. The molecule has 116 valence electrons. The van der Waals surface area contributed by atoms with Crippen LogP contribution in [0.2, 0.25) is 0 Å². The van der Waals surface area contributed by atoms with Crippen LogP contribution < -0.4 is 0 Å². The van der Waals surface area contributed by atoms with Gasteiger partial charge < -0.3 is 5.11 Å². The van der Waals surface area contributed by atoms with Gasteiger partial charge in [0.05, 0.1) is 17.9 Å². The summed E-state index contributed by atoms with van der Waals surface area (Å²) in [5, 5.41) is 9.53. The molecular weight excluding hydrogens is 272 g/mol. The number of hydrogen-bond acceptors (Lipinski definition) is 4. The summed E-state index contributed by atoms with van der Waals surface area (Å²) in [6, 6.07) is -0.325. The molecule has 0 spiro atoms. The third kappa shape index (κ3) is 2.35. The first-order valence-electron chi connectivity index (χ1n) is 7.82. The highest BCUT2D eigenvalue weighted by Gasteiger charge is 2.52. The summed E-state index contributed by atoms with van der Waals surface area (Å²) < 4.78 is 0. The number of likely N-dealkylation sites (tertiary alicyclic amines) is 2. The fraction of sp³-hybridized carbons (Fsp3) is 0.800. The van der Waals surface area contributed by atoms with Gasteiger partial charge in [-0.2, -0.15) is 0 Å². The summed E-state index contributed by atoms with van der Waals surface area (Å²) in [4.78, 5) is 39.4. The number of carbonyl (C=O) groups excluding carboxylic acids is 2. The van der Waals surface area contributed by atoms with Crippen molar-refractivity contribution in [3.05, 3.63) is 0 Å². The van der Waals surface area contributed by atoms with E-state index in [4.69, 9.17) is 0 Å². The van der Waals surface area contributed by atoms with E-state index in [0.29, 0.717) is 25.9 Å². The van der Waals surface area contributed by atoms with E-state index in [1.54, 1.807) is 0 Å². The third-order valence-electron chi connectivity index (χ3n) is 5.08. The van der Waals surface area contributed by atoms with Gasteiger partial charge in [-0.1, -0.05) is 13.3 Å². The lowest BCUT2D eigenvalue weighted by Gasteiger charge is -2.26. The zero-order valence-corrected chi connectivity index (χ0v) is 12.4. The van der Waals surface area contributed by atoms with E-state index < -0.39 is 17.4 Å². The molecule has 0 aromatic carbocycles. The molecule has 1 N–H and O–H groups in total. The molecule has 1 saturated carbocycles. The molecule has 2 amide bonds. The van der Waals surface area contributed by atoms with Crippen molar-refractivity contribution >= 4 is 17.8 Å². The average Bonchev–Trinajstić information content (AvgIpc) is 3.08. The van der Waals surface area contributed by atoms with Crippen LogP contribution in [0.3, 0.4) is 0 Å². The second-order valence-corrected chi connectivity index (χ2v) is 6.61. The van der Waals surface area contributed by atoms with Crippen molar-refractivity contribution in [1.29, 1.82) is 0 Å². The van der Waals surface area contributed by atoms with Gasteiger partial charge in [-0.15, -0.1) is 0 Å². The monoisotopic (exact) mass is 294 g/mol. The lowest BCUT2D eigenvalue weighted by Crippen LogP contribution is -2.43. The standard InChI is InChI=1S/C15H22N2O4/c1-2-5-15(14(20)21)6-7-16(9-15)11-8-12(18)17(13(11)19)10-3-4-10/h10-11H,2-9H2,1H3,(H,20,21). The average molecular weight is 294 g/mol. The first-order valence-corrected chi connectivity index (χ1v) is 7.82. The Bertz CT molecular complexity index is 488. The summed E-state index contributed by atoms with van der Waals surface area (Å²) in [5.41, 5.74) is -0.745. The van der Waals surface area contributed by atoms with Gasteiger partial charge in [0.1, 0.15) is 0 Å². The molecule has 3 fully saturated rings. The summed E-state index contributed by atoms with van der Waals surface area (Å²) >= 11 is 0. The molecule has 0 radical (unpaired) electrons. The van der Waals surface area contributed by atoms with E-state index in [1.165, 1.54) is 4.90 Å². The number of aliphatic carboxylic acids is 1. The predicted molar refractivity (Wildman–Crippen MR) is 74.4 cm³/mol. The highest BCUT2D eigenvalue weighted by Crippen LogP contribution is 2.39. The quantitative estimate of drug-likeness (QED) is 0.761. The van der Waals surface area contributed by atoms with Gasteiger partial charge in [0.2, 0.25) is 11.8 Å². The van der Waals surface area contributed by atoms with E-state index >= 15 is 0 Å². The topological polar surface area (TPSA) is 77.9 Å². The summed E-state index contributed by atoms with van der Waals surface area (Å²) in [7, 11) is 0. The van der Waals surface area contributed by atoms with Crippen molar-refractivity contribution in [2.45, 2.75) is 57.5 Å². The molecule has 0 aromatic rings. The van der Waals surface area contributed by atoms with Gasteiger partial charge in [0.15, 0.2) is 0 Å². The van der Waals surface area contributed by atoms with Crippen molar-refractivity contribution in [2.75, 3.05) is 13.1 Å². The van der Waals surface area contributed by atoms with Crippen LogP contribution in [-0.4, -0.2) is 57.9 Å². The molecule has 21 heavy (non-hydrogen) atoms. The second kappa shape index (κ2) is 5.09. The number of carboxylic acids is 1. The maximum Gasteiger partial charge on any atom is 0.310 e. The molecule has 6 nitrogen and oxygen atoms in total. The molecule has 0 bridgehead atoms. The molecule has 3 rings (SSSR count). The third-order valence-corrected chi connectivity index (χ3v) is 5.08. The van der Waals surface area contributed by atoms with Gasteiger partial charge in [-0.25, -0.2) is 0 Å². The fourth-order valence-corrected chi connectivity index (χ4v) is 3.77. The molecule has 3 aliphatic rings. The number of imide groups is 1. The first-order chi connectivity index (χ1) is 9.98. The van der Waals surface area contributed by atoms with E-state index in [1.807, 2.05) is 11.8 Å². The molecule has 2 aliphatic heterocycles. The molecule has 6 heteroatoms. The zero-order chi connectivity index (χ0) is 15.2. The van der Waals surface area contributed by atoms with Crippen LogP contribution in [0.15, 0.2) is 0 Å². The molecule has 2 atom stereocenters. The predicted octanol–water partition coefficient (Wildman–Crippen LogP) is 0.853. The zero-order valence-electron chi connectivity index (χ0n) is 12.4. The Morgan fingerprint density at radius 3 is 2.67 bits per heavy atom. The number of carboxylic acid groups (broad SMARTS) is 1. The van der Waals surface area contributed by atoms with Crippen molar-refractivity contribution in [1.82, 2.24) is 9.80 Å². The minimum absolute atomic E-state index is 0.0872. The SMILES string of the molecule is CCCC1(C(=O)O)CCN(C2CC(=O)N(C3CC3)C2=O)C1. The smallest absolute Gasteiger partial charge is 0.310 e. The minimum atomic E-state index is -0.775. The molecule has 1 aliphatic carbocycles. The Morgan fingerprint density at radius 2 is 2.10 bits per heavy atom. The normalized spacial score (nSPS) is 34.0. The van der Waals surface area contributed by atoms with Crippen molar-refractivity contribution < 1.29 is 19.5 Å². The van der Waals surface area contributed by atoms with Crippen molar-refractivity contribution in [2.24, 2.45) is 5.41 Å². The second-order valence-electron chi connectivity index (χ2n) is 6.61. The van der Waals surface area contributed by atoms with Gasteiger partial charge in [0, 0.05) is 19.1 Å². The lowest BCUT2D eigenvalue weighted by molar-refractivity contribution is -0.149. The van der Waals surface area contributed by atoms with Crippen LogP contribution in [0.4, 0.5) is 0 Å². The highest BCUT2D eigenvalue weighted by atomic mass is 16.4. The largest absolute Gasteiger partial charge is 0.481 e.